The van der Waals surface area contributed by atoms with Gasteiger partial charge in [-0.1, -0.05) is 0 Å². The van der Waals surface area contributed by atoms with Crippen molar-refractivity contribution in [3.63, 3.8) is 0 Å². The van der Waals surface area contributed by atoms with E-state index in [0.717, 1.165) is 17.0 Å². The average Bonchev–Trinajstić information content (AvgIpc) is 2.83. The Morgan fingerprint density at radius 2 is 2.05 bits per heavy atom. The number of carboxylic acids is 1. The molecular formula is C13H11FN2O4S. The second-order valence-corrected chi connectivity index (χ2v) is 5.46. The van der Waals surface area contributed by atoms with Crippen molar-refractivity contribution in [1.82, 2.24) is 0 Å². The van der Waals surface area contributed by atoms with Crippen molar-refractivity contribution in [1.29, 1.82) is 0 Å². The molecule has 0 fully saturated rings. The summed E-state index contributed by atoms with van der Waals surface area (Å²) in [6.07, 6.45) is -0.0542. The van der Waals surface area contributed by atoms with Crippen molar-refractivity contribution < 1.29 is 19.2 Å². The van der Waals surface area contributed by atoms with Crippen LogP contribution in [-0.4, -0.2) is 16.0 Å². The number of hydrogen-bond acceptors (Lipinski definition) is 5. The Bertz CT molecular complexity index is 687. The van der Waals surface area contributed by atoms with Gasteiger partial charge in [0.15, 0.2) is 0 Å². The molecule has 1 aromatic heterocycles. The van der Waals surface area contributed by atoms with E-state index in [1.165, 1.54) is 17.4 Å². The summed E-state index contributed by atoms with van der Waals surface area (Å²) in [4.78, 5) is 22.3. The second kappa shape index (κ2) is 6.31. The van der Waals surface area contributed by atoms with Crippen LogP contribution in [0, 0.1) is 15.9 Å². The van der Waals surface area contributed by atoms with Crippen LogP contribution in [0.25, 0.3) is 0 Å². The number of halogens is 1. The predicted molar refractivity (Wildman–Crippen MR) is 76.0 cm³/mol. The number of thiophene rings is 1. The maximum absolute atomic E-state index is 13.0. The number of nitro groups is 1. The standard InChI is InChI=1S/C13H11FN2O4S/c14-8-1-4-11(12(5-8)16(19)20)15-7-10-3-2-9(21-10)6-13(17)18/h1-5,15H,6-7H2,(H,17,18). The third-order valence-corrected chi connectivity index (χ3v) is 3.74. The molecule has 21 heavy (non-hydrogen) atoms. The Hall–Kier alpha value is -2.48. The van der Waals surface area contributed by atoms with Gasteiger partial charge in [0.2, 0.25) is 0 Å². The van der Waals surface area contributed by atoms with Crippen molar-refractivity contribution in [3.05, 3.63) is 56.0 Å². The molecule has 0 saturated carbocycles. The monoisotopic (exact) mass is 310 g/mol. The summed E-state index contributed by atoms with van der Waals surface area (Å²) in [6.45, 7) is 0.302. The van der Waals surface area contributed by atoms with E-state index in [-0.39, 0.29) is 17.8 Å². The fraction of sp³-hybridized carbons (Fsp3) is 0.154. The van der Waals surface area contributed by atoms with E-state index in [9.17, 15) is 19.3 Å². The number of nitrogens with one attached hydrogen (secondary N) is 1. The Balaban J connectivity index is 2.08. The quantitative estimate of drug-likeness (QED) is 0.632. The largest absolute Gasteiger partial charge is 0.481 e. The Morgan fingerprint density at radius 1 is 1.33 bits per heavy atom. The van der Waals surface area contributed by atoms with Crippen LogP contribution in [0.4, 0.5) is 15.8 Å². The van der Waals surface area contributed by atoms with Gasteiger partial charge >= 0.3 is 5.97 Å². The number of carboxylic acid groups (broad SMARTS) is 1. The minimum absolute atomic E-state index is 0.0542. The molecule has 1 heterocycles. The number of rotatable bonds is 6. The number of aliphatic carboxylic acids is 1. The van der Waals surface area contributed by atoms with Gasteiger partial charge in [0.25, 0.3) is 5.69 Å². The van der Waals surface area contributed by atoms with Crippen LogP contribution in [0.2, 0.25) is 0 Å². The first-order chi connectivity index (χ1) is 9.95. The fourth-order valence-corrected chi connectivity index (χ4v) is 2.70. The maximum atomic E-state index is 13.0. The summed E-state index contributed by atoms with van der Waals surface area (Å²) in [5.74, 6) is -1.59. The van der Waals surface area contributed by atoms with Crippen LogP contribution < -0.4 is 5.32 Å². The summed E-state index contributed by atoms with van der Waals surface area (Å²) in [5, 5.41) is 22.4. The molecular weight excluding hydrogens is 299 g/mol. The smallest absolute Gasteiger partial charge is 0.308 e. The lowest BCUT2D eigenvalue weighted by Crippen LogP contribution is -2.02. The summed E-state index contributed by atoms with van der Waals surface area (Å²) in [7, 11) is 0. The van der Waals surface area contributed by atoms with Gasteiger partial charge in [-0.2, -0.15) is 0 Å². The molecule has 2 aromatic rings. The van der Waals surface area contributed by atoms with Gasteiger partial charge in [0, 0.05) is 16.3 Å². The highest BCUT2D eigenvalue weighted by molar-refractivity contribution is 7.12. The molecule has 6 nitrogen and oxygen atoms in total. The molecule has 0 aliphatic rings. The molecule has 0 atom stereocenters. The van der Waals surface area contributed by atoms with Gasteiger partial charge in [-0.25, -0.2) is 4.39 Å². The molecule has 0 aliphatic heterocycles. The summed E-state index contributed by atoms with van der Waals surface area (Å²) >= 11 is 1.31. The van der Waals surface area contributed by atoms with E-state index in [1.54, 1.807) is 12.1 Å². The molecule has 0 amide bonds. The molecule has 0 saturated heterocycles. The second-order valence-electron chi connectivity index (χ2n) is 4.21. The first-order valence-electron chi connectivity index (χ1n) is 5.93. The van der Waals surface area contributed by atoms with Crippen LogP contribution in [0.3, 0.4) is 0 Å². The molecule has 2 rings (SSSR count). The van der Waals surface area contributed by atoms with E-state index in [1.807, 2.05) is 0 Å². The maximum Gasteiger partial charge on any atom is 0.308 e. The molecule has 110 valence electrons. The fourth-order valence-electron chi connectivity index (χ4n) is 1.75. The van der Waals surface area contributed by atoms with Gasteiger partial charge in [-0.3, -0.25) is 14.9 Å². The number of nitro benzene ring substituents is 1. The van der Waals surface area contributed by atoms with E-state index >= 15 is 0 Å². The normalized spacial score (nSPS) is 10.3. The molecule has 0 spiro atoms. The van der Waals surface area contributed by atoms with Crippen LogP contribution in [0.1, 0.15) is 9.75 Å². The minimum Gasteiger partial charge on any atom is -0.481 e. The van der Waals surface area contributed by atoms with Gasteiger partial charge in [-0.05, 0) is 24.3 Å². The zero-order chi connectivity index (χ0) is 15.4. The molecule has 0 radical (unpaired) electrons. The first-order valence-corrected chi connectivity index (χ1v) is 6.74. The van der Waals surface area contributed by atoms with Crippen LogP contribution in [-0.2, 0) is 17.8 Å². The van der Waals surface area contributed by atoms with Crippen LogP contribution in [0.15, 0.2) is 30.3 Å². The number of carbonyl (C=O) groups is 1. The highest BCUT2D eigenvalue weighted by Crippen LogP contribution is 2.26. The summed E-state index contributed by atoms with van der Waals surface area (Å²) in [5.41, 5.74) is -0.119. The Labute approximate surface area is 123 Å². The highest BCUT2D eigenvalue weighted by Gasteiger charge is 2.15. The molecule has 2 N–H and O–H groups in total. The summed E-state index contributed by atoms with van der Waals surface area (Å²) < 4.78 is 13.0. The first kappa shape index (κ1) is 14.9. The van der Waals surface area contributed by atoms with Crippen molar-refractivity contribution in [2.45, 2.75) is 13.0 Å². The van der Waals surface area contributed by atoms with E-state index in [0.29, 0.717) is 11.4 Å². The lowest BCUT2D eigenvalue weighted by Gasteiger charge is -2.05. The molecule has 1 aromatic carbocycles. The van der Waals surface area contributed by atoms with E-state index in [2.05, 4.69) is 5.32 Å². The predicted octanol–water partition coefficient (Wildman–Crippen LogP) is 3.03. The van der Waals surface area contributed by atoms with Crippen molar-refractivity contribution >= 4 is 28.7 Å². The highest BCUT2D eigenvalue weighted by atomic mass is 32.1. The third-order valence-electron chi connectivity index (χ3n) is 2.65. The lowest BCUT2D eigenvalue weighted by molar-refractivity contribution is -0.384. The summed E-state index contributed by atoms with van der Waals surface area (Å²) in [6, 6.07) is 6.76. The third kappa shape index (κ3) is 3.99. The van der Waals surface area contributed by atoms with Crippen LogP contribution >= 0.6 is 11.3 Å². The minimum atomic E-state index is -0.912. The lowest BCUT2D eigenvalue weighted by atomic mass is 10.2. The van der Waals surface area contributed by atoms with E-state index in [4.69, 9.17) is 5.11 Å². The number of benzene rings is 1. The zero-order valence-corrected chi connectivity index (χ0v) is 11.5. The number of anilines is 1. The van der Waals surface area contributed by atoms with E-state index < -0.39 is 16.7 Å². The average molecular weight is 310 g/mol. The van der Waals surface area contributed by atoms with Gasteiger partial charge < -0.3 is 10.4 Å². The topological polar surface area (TPSA) is 92.5 Å². The van der Waals surface area contributed by atoms with Crippen molar-refractivity contribution in [3.8, 4) is 0 Å². The molecule has 0 unspecified atom stereocenters. The molecule has 0 bridgehead atoms. The van der Waals surface area contributed by atoms with Crippen molar-refractivity contribution in [2.75, 3.05) is 5.32 Å². The Kier molecular flexibility index (Phi) is 4.49. The van der Waals surface area contributed by atoms with Gasteiger partial charge in [-0.15, -0.1) is 11.3 Å². The van der Waals surface area contributed by atoms with Crippen LogP contribution in [0.5, 0.6) is 0 Å². The van der Waals surface area contributed by atoms with Gasteiger partial charge in [0.05, 0.1) is 17.4 Å². The molecule has 0 aliphatic carbocycles. The van der Waals surface area contributed by atoms with Gasteiger partial charge in [0.1, 0.15) is 11.5 Å². The SMILES string of the molecule is O=C(O)Cc1ccc(CNc2ccc(F)cc2[N+](=O)[O-])s1. The number of nitrogens with zero attached hydrogens (tertiary/aromatic N) is 1. The number of hydrogen-bond donors (Lipinski definition) is 2. The van der Waals surface area contributed by atoms with Crippen molar-refractivity contribution in [2.24, 2.45) is 0 Å². The Morgan fingerprint density at radius 3 is 2.71 bits per heavy atom. The molecule has 8 heteroatoms. The zero-order valence-electron chi connectivity index (χ0n) is 10.7.